The smallest absolute Gasteiger partial charge is 0.0971 e. The van der Waals surface area contributed by atoms with Crippen molar-refractivity contribution in [1.29, 1.82) is 0 Å². The predicted octanol–water partition coefficient (Wildman–Crippen LogP) is 2.80. The van der Waals surface area contributed by atoms with Gasteiger partial charge in [0.15, 0.2) is 0 Å². The van der Waals surface area contributed by atoms with Crippen molar-refractivity contribution >= 4 is 11.3 Å². The fourth-order valence-electron chi connectivity index (χ4n) is 1.76. The fraction of sp³-hybridized carbons (Fsp3) is 0.357. The highest BCUT2D eigenvalue weighted by molar-refractivity contribution is 7.11. The van der Waals surface area contributed by atoms with Gasteiger partial charge >= 0.3 is 0 Å². The van der Waals surface area contributed by atoms with Crippen LogP contribution in [0.5, 0.6) is 0 Å². The summed E-state index contributed by atoms with van der Waals surface area (Å²) in [5.41, 5.74) is 2.72. The Morgan fingerprint density at radius 2 is 2.12 bits per heavy atom. The van der Waals surface area contributed by atoms with E-state index in [1.54, 1.807) is 0 Å². The van der Waals surface area contributed by atoms with Gasteiger partial charge in [-0.3, -0.25) is 0 Å². The van der Waals surface area contributed by atoms with Crippen LogP contribution in [-0.4, -0.2) is 18.6 Å². The molecule has 0 amide bonds. The van der Waals surface area contributed by atoms with Crippen molar-refractivity contribution < 1.29 is 0 Å². The summed E-state index contributed by atoms with van der Waals surface area (Å²) in [6.45, 7) is 3.18. The third-order valence-electron chi connectivity index (χ3n) is 2.83. The summed E-state index contributed by atoms with van der Waals surface area (Å²) < 4.78 is 0. The Kier molecular flexibility index (Phi) is 4.29. The van der Waals surface area contributed by atoms with E-state index in [0.717, 1.165) is 19.4 Å². The maximum Gasteiger partial charge on any atom is 0.0971 e. The largest absolute Gasteiger partial charge is 0.319 e. The minimum Gasteiger partial charge on any atom is -0.319 e. The summed E-state index contributed by atoms with van der Waals surface area (Å²) >= 11 is 1.83. The quantitative estimate of drug-likeness (QED) is 0.877. The fourth-order valence-corrected chi connectivity index (χ4v) is 2.71. The molecular weight excluding hydrogens is 228 g/mol. The topological polar surface area (TPSA) is 24.9 Å². The first-order chi connectivity index (χ1) is 8.29. The van der Waals surface area contributed by atoms with E-state index < -0.39 is 0 Å². The first-order valence-corrected chi connectivity index (χ1v) is 6.74. The van der Waals surface area contributed by atoms with Gasteiger partial charge in [0.25, 0.3) is 0 Å². The van der Waals surface area contributed by atoms with Gasteiger partial charge in [0, 0.05) is 17.5 Å². The van der Waals surface area contributed by atoms with Gasteiger partial charge in [-0.2, -0.15) is 0 Å². The molecule has 2 nitrogen and oxygen atoms in total. The Morgan fingerprint density at radius 1 is 1.29 bits per heavy atom. The van der Waals surface area contributed by atoms with Gasteiger partial charge in [0.2, 0.25) is 0 Å². The zero-order valence-electron chi connectivity index (χ0n) is 10.4. The lowest BCUT2D eigenvalue weighted by Gasteiger charge is -2.02. The zero-order chi connectivity index (χ0) is 12.1. The summed E-state index contributed by atoms with van der Waals surface area (Å²) in [7, 11) is 1.98. The van der Waals surface area contributed by atoms with E-state index in [1.165, 1.54) is 21.0 Å². The number of hydrogen-bond donors (Lipinski definition) is 1. The second-order valence-electron chi connectivity index (χ2n) is 4.18. The molecule has 0 spiro atoms. The van der Waals surface area contributed by atoms with Crippen LogP contribution in [0.1, 0.15) is 21.0 Å². The number of hydrogen-bond acceptors (Lipinski definition) is 3. The van der Waals surface area contributed by atoms with Crippen LogP contribution < -0.4 is 5.32 Å². The van der Waals surface area contributed by atoms with Gasteiger partial charge in [0.05, 0.1) is 5.01 Å². The monoisotopic (exact) mass is 246 g/mol. The molecule has 0 fully saturated rings. The molecule has 1 heterocycles. The van der Waals surface area contributed by atoms with Crippen LogP contribution in [0.4, 0.5) is 0 Å². The molecule has 0 saturated heterocycles. The minimum atomic E-state index is 0.955. The molecule has 90 valence electrons. The molecule has 0 saturated carbocycles. The molecule has 2 aromatic rings. The van der Waals surface area contributed by atoms with Crippen molar-refractivity contribution in [1.82, 2.24) is 10.3 Å². The lowest BCUT2D eigenvalue weighted by atomic mass is 10.1. The highest BCUT2D eigenvalue weighted by Crippen LogP contribution is 2.18. The van der Waals surface area contributed by atoms with Crippen molar-refractivity contribution in [3.05, 3.63) is 51.5 Å². The van der Waals surface area contributed by atoms with E-state index in [4.69, 9.17) is 0 Å². The van der Waals surface area contributed by atoms with Crippen molar-refractivity contribution in [3.63, 3.8) is 0 Å². The highest BCUT2D eigenvalue weighted by atomic mass is 32.1. The van der Waals surface area contributed by atoms with E-state index in [-0.39, 0.29) is 0 Å². The number of thiazole rings is 1. The van der Waals surface area contributed by atoms with Gasteiger partial charge in [-0.05, 0) is 38.1 Å². The molecule has 17 heavy (non-hydrogen) atoms. The Bertz CT molecular complexity index is 477. The number of nitrogens with zero attached hydrogens (tertiary/aromatic N) is 1. The first-order valence-electron chi connectivity index (χ1n) is 5.92. The lowest BCUT2D eigenvalue weighted by Crippen LogP contribution is -2.09. The van der Waals surface area contributed by atoms with Crippen molar-refractivity contribution in [3.8, 4) is 0 Å². The number of aromatic nitrogens is 1. The lowest BCUT2D eigenvalue weighted by molar-refractivity contribution is 0.798. The summed E-state index contributed by atoms with van der Waals surface area (Å²) in [5.74, 6) is 0. The standard InChI is InChI=1S/C14H18N2S/c1-11-5-3-4-6-12(11)9-14-16-10-13(17-14)7-8-15-2/h3-6,10,15H,7-9H2,1-2H3. The van der Waals surface area contributed by atoms with Gasteiger partial charge in [-0.15, -0.1) is 11.3 Å². The third kappa shape index (κ3) is 3.38. The molecule has 0 aliphatic heterocycles. The van der Waals surface area contributed by atoms with Gasteiger partial charge in [-0.25, -0.2) is 4.98 Å². The molecule has 0 unspecified atom stereocenters. The van der Waals surface area contributed by atoms with E-state index in [1.807, 2.05) is 24.6 Å². The molecule has 1 N–H and O–H groups in total. The van der Waals surface area contributed by atoms with Gasteiger partial charge in [0.1, 0.15) is 0 Å². The maximum atomic E-state index is 4.50. The number of aryl methyl sites for hydroxylation is 1. The molecule has 0 bridgehead atoms. The molecule has 0 atom stereocenters. The van der Waals surface area contributed by atoms with Crippen LogP contribution in [-0.2, 0) is 12.8 Å². The van der Waals surface area contributed by atoms with Crippen LogP contribution in [0.15, 0.2) is 30.5 Å². The maximum absolute atomic E-state index is 4.50. The molecule has 0 radical (unpaired) electrons. The van der Waals surface area contributed by atoms with Gasteiger partial charge in [-0.1, -0.05) is 24.3 Å². The van der Waals surface area contributed by atoms with Gasteiger partial charge < -0.3 is 5.32 Å². The Hall–Kier alpha value is -1.19. The zero-order valence-corrected chi connectivity index (χ0v) is 11.2. The molecule has 1 aromatic heterocycles. The van der Waals surface area contributed by atoms with Crippen LogP contribution in [0, 0.1) is 6.92 Å². The van der Waals surface area contributed by atoms with Crippen molar-refractivity contribution in [2.45, 2.75) is 19.8 Å². The molecule has 2 rings (SSSR count). The normalized spacial score (nSPS) is 10.7. The van der Waals surface area contributed by atoms with Crippen LogP contribution in [0.2, 0.25) is 0 Å². The van der Waals surface area contributed by atoms with E-state index in [0.29, 0.717) is 0 Å². The van der Waals surface area contributed by atoms with Crippen LogP contribution >= 0.6 is 11.3 Å². The van der Waals surface area contributed by atoms with E-state index >= 15 is 0 Å². The summed E-state index contributed by atoms with van der Waals surface area (Å²) in [4.78, 5) is 5.86. The number of likely N-dealkylation sites (N-methyl/N-ethyl adjacent to an activating group) is 1. The molecule has 1 aromatic carbocycles. The second kappa shape index (κ2) is 5.94. The summed E-state index contributed by atoms with van der Waals surface area (Å²) in [6.07, 6.45) is 4.04. The molecule has 3 heteroatoms. The SMILES string of the molecule is CNCCc1cnc(Cc2ccccc2C)s1. The molecule has 0 aliphatic carbocycles. The summed E-state index contributed by atoms with van der Waals surface area (Å²) in [6, 6.07) is 8.52. The first kappa shape index (κ1) is 12.3. The average molecular weight is 246 g/mol. The van der Waals surface area contributed by atoms with E-state index in [9.17, 15) is 0 Å². The average Bonchev–Trinajstić information content (AvgIpc) is 2.77. The number of nitrogens with one attached hydrogen (secondary N) is 1. The number of rotatable bonds is 5. The Balaban J connectivity index is 2.04. The van der Waals surface area contributed by atoms with Crippen molar-refractivity contribution in [2.75, 3.05) is 13.6 Å². The number of benzene rings is 1. The Labute approximate surface area is 107 Å². The second-order valence-corrected chi connectivity index (χ2v) is 5.38. The van der Waals surface area contributed by atoms with E-state index in [2.05, 4.69) is 41.5 Å². The Morgan fingerprint density at radius 3 is 2.88 bits per heavy atom. The highest BCUT2D eigenvalue weighted by Gasteiger charge is 2.04. The van der Waals surface area contributed by atoms with Crippen molar-refractivity contribution in [2.24, 2.45) is 0 Å². The van der Waals surface area contributed by atoms with Crippen LogP contribution in [0.25, 0.3) is 0 Å². The molecule has 0 aliphatic rings. The third-order valence-corrected chi connectivity index (χ3v) is 3.88. The predicted molar refractivity (Wildman–Crippen MR) is 73.7 cm³/mol. The van der Waals surface area contributed by atoms with Crippen LogP contribution in [0.3, 0.4) is 0 Å². The summed E-state index contributed by atoms with van der Waals surface area (Å²) in [5, 5.41) is 4.38. The molecular formula is C14H18N2S. The minimum absolute atomic E-state index is 0.955.